The van der Waals surface area contributed by atoms with Crippen molar-refractivity contribution in [3.63, 3.8) is 0 Å². The molecule has 20 heavy (non-hydrogen) atoms. The lowest BCUT2D eigenvalue weighted by atomic mass is 10.2. The van der Waals surface area contributed by atoms with Gasteiger partial charge in [-0.3, -0.25) is 0 Å². The minimum Gasteiger partial charge on any atom is -0.324 e. The Morgan fingerprint density at radius 1 is 1.45 bits per heavy atom. The summed E-state index contributed by atoms with van der Waals surface area (Å²) < 4.78 is 28.3. The van der Waals surface area contributed by atoms with E-state index in [9.17, 15) is 8.42 Å². The molecule has 1 saturated heterocycles. The third-order valence-corrected chi connectivity index (χ3v) is 5.39. The van der Waals surface area contributed by atoms with Crippen LogP contribution in [0.1, 0.15) is 19.8 Å². The van der Waals surface area contributed by atoms with Crippen molar-refractivity contribution in [1.82, 2.24) is 19.2 Å². The van der Waals surface area contributed by atoms with Gasteiger partial charge >= 0.3 is 0 Å². The van der Waals surface area contributed by atoms with E-state index >= 15 is 0 Å². The van der Waals surface area contributed by atoms with Crippen molar-refractivity contribution in [1.29, 1.82) is 0 Å². The number of rotatable bonds is 6. The minimum atomic E-state index is -3.63. The molecule has 114 valence electrons. The van der Waals surface area contributed by atoms with E-state index in [4.69, 9.17) is 11.6 Å². The Morgan fingerprint density at radius 3 is 2.65 bits per heavy atom. The molecule has 0 radical (unpaired) electrons. The summed E-state index contributed by atoms with van der Waals surface area (Å²) in [6.07, 6.45) is 3.87. The van der Waals surface area contributed by atoms with Gasteiger partial charge in [0.25, 0.3) is 10.0 Å². The number of hydrogen-bond donors (Lipinski definition) is 1. The first-order valence-electron chi connectivity index (χ1n) is 6.79. The summed E-state index contributed by atoms with van der Waals surface area (Å²) in [7, 11) is -1.97. The van der Waals surface area contributed by atoms with E-state index in [1.807, 2.05) is 6.92 Å². The number of halogens is 1. The number of nitrogens with zero attached hydrogens (tertiary/aromatic N) is 3. The molecule has 6 nitrogen and oxygen atoms in total. The quantitative estimate of drug-likeness (QED) is 0.852. The lowest BCUT2D eigenvalue weighted by molar-refractivity contribution is 0.288. The largest absolute Gasteiger partial charge is 0.324 e. The molecule has 0 aliphatic carbocycles. The van der Waals surface area contributed by atoms with Crippen LogP contribution in [-0.2, 0) is 17.1 Å². The summed E-state index contributed by atoms with van der Waals surface area (Å²) in [4.78, 5) is 6.21. The van der Waals surface area contributed by atoms with Crippen molar-refractivity contribution in [2.24, 2.45) is 13.0 Å². The first-order chi connectivity index (χ1) is 9.40. The van der Waals surface area contributed by atoms with Gasteiger partial charge in [0, 0.05) is 20.1 Å². The maximum absolute atomic E-state index is 12.1. The Balaban J connectivity index is 1.90. The number of imidazole rings is 1. The summed E-state index contributed by atoms with van der Waals surface area (Å²) in [5, 5.41) is 0.0275. The number of aromatic nitrogens is 2. The maximum atomic E-state index is 12.1. The molecule has 0 amide bonds. The molecule has 1 N–H and O–H groups in total. The molecule has 1 fully saturated rings. The molecule has 1 aliphatic heterocycles. The smallest absolute Gasteiger partial charge is 0.261 e. The maximum Gasteiger partial charge on any atom is 0.261 e. The fraction of sp³-hybridized carbons (Fsp3) is 0.750. The zero-order chi connectivity index (χ0) is 14.8. The van der Waals surface area contributed by atoms with Crippen LogP contribution in [0, 0.1) is 5.92 Å². The second-order valence-corrected chi connectivity index (χ2v) is 7.46. The molecule has 1 unspecified atom stereocenters. The van der Waals surface area contributed by atoms with Gasteiger partial charge in [-0.25, -0.2) is 18.1 Å². The van der Waals surface area contributed by atoms with E-state index in [1.165, 1.54) is 23.7 Å². The predicted octanol–water partition coefficient (Wildman–Crippen LogP) is 1.08. The van der Waals surface area contributed by atoms with E-state index in [2.05, 4.69) is 14.6 Å². The fourth-order valence-electron chi connectivity index (χ4n) is 2.36. The van der Waals surface area contributed by atoms with Crippen LogP contribution in [0.4, 0.5) is 0 Å². The molecular formula is C12H21ClN4O2S. The molecule has 2 rings (SSSR count). The highest BCUT2D eigenvalue weighted by atomic mass is 35.5. The van der Waals surface area contributed by atoms with E-state index in [-0.39, 0.29) is 16.1 Å². The second kappa shape index (κ2) is 6.43. The molecule has 1 aliphatic rings. The molecule has 0 saturated carbocycles. The highest BCUT2D eigenvalue weighted by molar-refractivity contribution is 7.89. The van der Waals surface area contributed by atoms with Gasteiger partial charge in [0.15, 0.2) is 0 Å². The molecule has 0 spiro atoms. The monoisotopic (exact) mass is 320 g/mol. The van der Waals surface area contributed by atoms with Crippen LogP contribution in [0.2, 0.25) is 5.15 Å². The number of hydrogen-bond acceptors (Lipinski definition) is 4. The van der Waals surface area contributed by atoms with Crippen molar-refractivity contribution in [2.45, 2.75) is 24.8 Å². The molecule has 1 atom stereocenters. The minimum absolute atomic E-state index is 0.102. The Kier molecular flexibility index (Phi) is 5.06. The van der Waals surface area contributed by atoms with E-state index in [1.54, 1.807) is 7.05 Å². The predicted molar refractivity (Wildman–Crippen MR) is 78.2 cm³/mol. The van der Waals surface area contributed by atoms with Gasteiger partial charge in [-0.2, -0.15) is 0 Å². The van der Waals surface area contributed by atoms with Crippen LogP contribution in [0.3, 0.4) is 0 Å². The summed E-state index contributed by atoms with van der Waals surface area (Å²) in [5.74, 6) is 0.255. The van der Waals surface area contributed by atoms with Crippen LogP contribution in [-0.4, -0.2) is 49.0 Å². The Morgan fingerprint density at radius 2 is 2.10 bits per heavy atom. The normalized spacial score (nSPS) is 18.6. The highest BCUT2D eigenvalue weighted by Crippen LogP contribution is 2.18. The van der Waals surface area contributed by atoms with Crippen LogP contribution >= 0.6 is 11.6 Å². The topological polar surface area (TPSA) is 67.2 Å². The highest BCUT2D eigenvalue weighted by Gasteiger charge is 2.23. The number of likely N-dealkylation sites (tertiary alicyclic amines) is 1. The van der Waals surface area contributed by atoms with Crippen LogP contribution in [0.25, 0.3) is 0 Å². The van der Waals surface area contributed by atoms with Crippen molar-refractivity contribution < 1.29 is 8.42 Å². The fourth-order valence-corrected chi connectivity index (χ4v) is 3.95. The van der Waals surface area contributed by atoms with Gasteiger partial charge in [0.1, 0.15) is 5.15 Å². The summed E-state index contributed by atoms with van der Waals surface area (Å²) in [5.41, 5.74) is 0. The van der Waals surface area contributed by atoms with Crippen molar-refractivity contribution in [2.75, 3.05) is 26.2 Å². The molecule has 8 heteroatoms. The van der Waals surface area contributed by atoms with Crippen molar-refractivity contribution >= 4 is 21.6 Å². The summed E-state index contributed by atoms with van der Waals surface area (Å²) in [6.45, 7) is 5.58. The Labute approximate surface area is 125 Å². The molecule has 1 aromatic rings. The number of aryl methyl sites for hydroxylation is 1. The zero-order valence-corrected chi connectivity index (χ0v) is 13.4. The SMILES string of the molecule is CC(CNS(=O)(=O)c1ncn(C)c1Cl)CN1CCCC1. The Bertz CT molecular complexity index is 552. The number of sulfonamides is 1. The van der Waals surface area contributed by atoms with Crippen LogP contribution in [0.15, 0.2) is 11.4 Å². The number of nitrogens with one attached hydrogen (secondary N) is 1. The average Bonchev–Trinajstić information content (AvgIpc) is 2.99. The van der Waals surface area contributed by atoms with Gasteiger partial charge in [0.2, 0.25) is 5.03 Å². The second-order valence-electron chi connectivity index (χ2n) is 5.42. The average molecular weight is 321 g/mol. The van der Waals surface area contributed by atoms with Gasteiger partial charge in [-0.1, -0.05) is 18.5 Å². The third-order valence-electron chi connectivity index (χ3n) is 3.48. The van der Waals surface area contributed by atoms with Crippen LogP contribution < -0.4 is 4.72 Å². The lowest BCUT2D eigenvalue weighted by Crippen LogP contribution is -2.34. The van der Waals surface area contributed by atoms with E-state index in [0.29, 0.717) is 6.54 Å². The lowest BCUT2D eigenvalue weighted by Gasteiger charge is -2.20. The molecule has 0 aromatic carbocycles. The van der Waals surface area contributed by atoms with Gasteiger partial charge in [0.05, 0.1) is 6.33 Å². The molecule has 2 heterocycles. The summed E-state index contributed by atoms with van der Waals surface area (Å²) >= 11 is 5.92. The summed E-state index contributed by atoms with van der Waals surface area (Å²) in [6, 6.07) is 0. The first kappa shape index (κ1) is 15.8. The molecule has 0 bridgehead atoms. The van der Waals surface area contributed by atoms with Crippen molar-refractivity contribution in [3.05, 3.63) is 11.5 Å². The van der Waals surface area contributed by atoms with Gasteiger partial charge in [-0.15, -0.1) is 0 Å². The standard InChI is InChI=1S/C12H21ClN4O2S/c1-10(8-17-5-3-4-6-17)7-15-20(18,19)12-11(13)16(2)9-14-12/h9-10,15H,3-8H2,1-2H3. The van der Waals surface area contributed by atoms with Gasteiger partial charge < -0.3 is 9.47 Å². The van der Waals surface area contributed by atoms with Crippen molar-refractivity contribution in [3.8, 4) is 0 Å². The zero-order valence-electron chi connectivity index (χ0n) is 11.8. The van der Waals surface area contributed by atoms with E-state index < -0.39 is 10.0 Å². The first-order valence-corrected chi connectivity index (χ1v) is 8.65. The van der Waals surface area contributed by atoms with Gasteiger partial charge in [-0.05, 0) is 31.8 Å². The molecule has 1 aromatic heterocycles. The van der Waals surface area contributed by atoms with Crippen LogP contribution in [0.5, 0.6) is 0 Å². The Hall–Kier alpha value is -0.630. The molecular weight excluding hydrogens is 300 g/mol. The van der Waals surface area contributed by atoms with E-state index in [0.717, 1.165) is 19.6 Å². The third kappa shape index (κ3) is 3.72.